The molecule has 1 fully saturated rings. The molecule has 2 aliphatic rings. The first-order valence-electron chi connectivity index (χ1n) is 10.9. The molecule has 0 aliphatic carbocycles. The number of benzene rings is 1. The predicted octanol–water partition coefficient (Wildman–Crippen LogP) is 2.63. The first kappa shape index (κ1) is 20.6. The van der Waals surface area contributed by atoms with Crippen LogP contribution in [0.4, 0.5) is 4.39 Å². The standard InChI is InChI=1S/C23H29FN4O2/c1-26-21-11-14-28(23(30)15-17-7-3-4-8-19(17)24)16-18(21)20(25-26)9-10-22(29)27-12-5-2-6-13-27/h3-4,7-8H,2,5-6,9-16H2,1H3. The van der Waals surface area contributed by atoms with E-state index in [2.05, 4.69) is 5.10 Å². The lowest BCUT2D eigenvalue weighted by Crippen LogP contribution is -2.37. The summed E-state index contributed by atoms with van der Waals surface area (Å²) < 4.78 is 15.8. The van der Waals surface area contributed by atoms with Crippen molar-refractivity contribution in [2.45, 2.75) is 51.5 Å². The molecule has 1 aromatic carbocycles. The Labute approximate surface area is 176 Å². The Kier molecular flexibility index (Phi) is 6.16. The molecule has 0 N–H and O–H groups in total. The molecule has 1 saturated heterocycles. The summed E-state index contributed by atoms with van der Waals surface area (Å²) in [6.07, 6.45) is 5.20. The largest absolute Gasteiger partial charge is 0.343 e. The third-order valence-electron chi connectivity index (χ3n) is 6.26. The summed E-state index contributed by atoms with van der Waals surface area (Å²) in [6, 6.07) is 6.42. The predicted molar refractivity (Wildman–Crippen MR) is 111 cm³/mol. The van der Waals surface area contributed by atoms with Gasteiger partial charge in [0.05, 0.1) is 12.1 Å². The molecule has 3 heterocycles. The van der Waals surface area contributed by atoms with E-state index >= 15 is 0 Å². The highest BCUT2D eigenvalue weighted by Gasteiger charge is 2.27. The van der Waals surface area contributed by atoms with E-state index in [0.29, 0.717) is 31.5 Å². The van der Waals surface area contributed by atoms with E-state index in [0.717, 1.165) is 49.3 Å². The van der Waals surface area contributed by atoms with Crippen molar-refractivity contribution >= 4 is 11.8 Å². The Bertz CT molecular complexity index is 933. The summed E-state index contributed by atoms with van der Waals surface area (Å²) in [5.41, 5.74) is 3.51. The highest BCUT2D eigenvalue weighted by molar-refractivity contribution is 5.79. The molecule has 2 aromatic rings. The minimum Gasteiger partial charge on any atom is -0.343 e. The maximum absolute atomic E-state index is 13.9. The van der Waals surface area contributed by atoms with Gasteiger partial charge in [-0.2, -0.15) is 5.10 Å². The number of piperidine rings is 1. The van der Waals surface area contributed by atoms with Crippen molar-refractivity contribution in [3.63, 3.8) is 0 Å². The molecule has 6 nitrogen and oxygen atoms in total. The van der Waals surface area contributed by atoms with Gasteiger partial charge < -0.3 is 9.80 Å². The van der Waals surface area contributed by atoms with Crippen LogP contribution in [0.2, 0.25) is 0 Å². The number of aryl methyl sites for hydroxylation is 2. The zero-order valence-electron chi connectivity index (χ0n) is 17.6. The van der Waals surface area contributed by atoms with Crippen LogP contribution in [0.15, 0.2) is 24.3 Å². The third-order valence-corrected chi connectivity index (χ3v) is 6.26. The van der Waals surface area contributed by atoms with Crippen LogP contribution in [0.25, 0.3) is 0 Å². The molecule has 2 amide bonds. The van der Waals surface area contributed by atoms with E-state index in [-0.39, 0.29) is 24.1 Å². The fourth-order valence-electron chi connectivity index (χ4n) is 4.53. The van der Waals surface area contributed by atoms with Crippen LogP contribution in [-0.4, -0.2) is 51.0 Å². The summed E-state index contributed by atoms with van der Waals surface area (Å²) in [7, 11) is 1.92. The number of likely N-dealkylation sites (tertiary alicyclic amines) is 1. The van der Waals surface area contributed by atoms with Crippen LogP contribution in [0.1, 0.15) is 48.2 Å². The molecule has 1 aromatic heterocycles. The van der Waals surface area contributed by atoms with Crippen molar-refractivity contribution in [2.24, 2.45) is 7.05 Å². The topological polar surface area (TPSA) is 58.4 Å². The fourth-order valence-corrected chi connectivity index (χ4v) is 4.53. The monoisotopic (exact) mass is 412 g/mol. The van der Waals surface area contributed by atoms with Crippen molar-refractivity contribution in [1.82, 2.24) is 19.6 Å². The number of nitrogens with zero attached hydrogens (tertiary/aromatic N) is 4. The first-order chi connectivity index (χ1) is 14.5. The summed E-state index contributed by atoms with van der Waals surface area (Å²) in [4.78, 5) is 29.1. The highest BCUT2D eigenvalue weighted by Crippen LogP contribution is 2.24. The maximum Gasteiger partial charge on any atom is 0.227 e. The second kappa shape index (κ2) is 8.98. The van der Waals surface area contributed by atoms with Crippen LogP contribution >= 0.6 is 0 Å². The van der Waals surface area contributed by atoms with Crippen molar-refractivity contribution in [3.05, 3.63) is 52.6 Å². The van der Waals surface area contributed by atoms with Crippen LogP contribution in [0.3, 0.4) is 0 Å². The summed E-state index contributed by atoms with van der Waals surface area (Å²) in [5.74, 6) is -0.232. The molecule has 2 aliphatic heterocycles. The summed E-state index contributed by atoms with van der Waals surface area (Å²) >= 11 is 0. The number of amides is 2. The molecule has 0 saturated carbocycles. The Morgan fingerprint density at radius 2 is 1.80 bits per heavy atom. The van der Waals surface area contributed by atoms with Gasteiger partial charge in [0.15, 0.2) is 0 Å². The molecule has 30 heavy (non-hydrogen) atoms. The molecule has 0 atom stereocenters. The molecular weight excluding hydrogens is 383 g/mol. The molecule has 160 valence electrons. The van der Waals surface area contributed by atoms with E-state index < -0.39 is 0 Å². The Morgan fingerprint density at radius 1 is 1.03 bits per heavy atom. The van der Waals surface area contributed by atoms with Crippen molar-refractivity contribution in [1.29, 1.82) is 0 Å². The van der Waals surface area contributed by atoms with E-state index in [1.54, 1.807) is 23.1 Å². The number of hydrogen-bond donors (Lipinski definition) is 0. The lowest BCUT2D eigenvalue weighted by molar-refractivity contribution is -0.132. The molecule has 0 unspecified atom stereocenters. The van der Waals surface area contributed by atoms with Gasteiger partial charge in [-0.1, -0.05) is 18.2 Å². The van der Waals surface area contributed by atoms with Crippen LogP contribution in [0.5, 0.6) is 0 Å². The van der Waals surface area contributed by atoms with E-state index in [1.165, 1.54) is 12.5 Å². The minimum atomic E-state index is -0.346. The lowest BCUT2D eigenvalue weighted by Gasteiger charge is -2.28. The molecule has 4 rings (SSSR count). The molecule has 0 spiro atoms. The molecule has 0 bridgehead atoms. The Hall–Kier alpha value is -2.70. The highest BCUT2D eigenvalue weighted by atomic mass is 19.1. The third kappa shape index (κ3) is 4.40. The van der Waals surface area contributed by atoms with Crippen LogP contribution < -0.4 is 0 Å². The minimum absolute atomic E-state index is 0.0606. The second-order valence-corrected chi connectivity index (χ2v) is 8.27. The number of halogens is 1. The van der Waals surface area contributed by atoms with E-state index in [1.807, 2.05) is 16.6 Å². The van der Waals surface area contributed by atoms with Gasteiger partial charge in [-0.25, -0.2) is 4.39 Å². The van der Waals surface area contributed by atoms with Gasteiger partial charge in [0.25, 0.3) is 0 Å². The summed E-state index contributed by atoms with van der Waals surface area (Å²) in [5, 5.41) is 4.65. The van der Waals surface area contributed by atoms with Gasteiger partial charge in [0, 0.05) is 63.7 Å². The molecule has 7 heteroatoms. The maximum atomic E-state index is 13.9. The van der Waals surface area contributed by atoms with Gasteiger partial charge in [-0.05, 0) is 30.9 Å². The zero-order valence-corrected chi connectivity index (χ0v) is 17.6. The quantitative estimate of drug-likeness (QED) is 0.759. The second-order valence-electron chi connectivity index (χ2n) is 8.27. The SMILES string of the molecule is Cn1nc(CCC(=O)N2CCCCC2)c2c1CCN(C(=O)Cc1ccccc1F)C2. The number of rotatable bonds is 5. The zero-order chi connectivity index (χ0) is 21.1. The van der Waals surface area contributed by atoms with Gasteiger partial charge in [0.2, 0.25) is 11.8 Å². The summed E-state index contributed by atoms with van der Waals surface area (Å²) in [6.45, 7) is 2.80. The molecular formula is C23H29FN4O2. The first-order valence-corrected chi connectivity index (χ1v) is 10.9. The number of aromatic nitrogens is 2. The van der Waals surface area contributed by atoms with Gasteiger partial charge in [0.1, 0.15) is 5.82 Å². The average molecular weight is 413 g/mol. The Morgan fingerprint density at radius 3 is 2.57 bits per heavy atom. The lowest BCUT2D eigenvalue weighted by atomic mass is 10.0. The molecule has 0 radical (unpaired) electrons. The fraction of sp³-hybridized carbons (Fsp3) is 0.522. The average Bonchev–Trinajstić information content (AvgIpc) is 3.09. The Balaban J connectivity index is 1.42. The van der Waals surface area contributed by atoms with E-state index in [9.17, 15) is 14.0 Å². The van der Waals surface area contributed by atoms with Crippen molar-refractivity contribution in [2.75, 3.05) is 19.6 Å². The normalized spacial score (nSPS) is 16.5. The van der Waals surface area contributed by atoms with Crippen LogP contribution in [-0.2, 0) is 42.4 Å². The van der Waals surface area contributed by atoms with Gasteiger partial charge in [-0.3, -0.25) is 14.3 Å². The van der Waals surface area contributed by atoms with Gasteiger partial charge >= 0.3 is 0 Å². The van der Waals surface area contributed by atoms with Crippen molar-refractivity contribution in [3.8, 4) is 0 Å². The smallest absolute Gasteiger partial charge is 0.227 e. The number of carbonyl (C=O) groups is 2. The van der Waals surface area contributed by atoms with Crippen molar-refractivity contribution < 1.29 is 14.0 Å². The van der Waals surface area contributed by atoms with Gasteiger partial charge in [-0.15, -0.1) is 0 Å². The number of carbonyl (C=O) groups excluding carboxylic acids is 2. The number of hydrogen-bond acceptors (Lipinski definition) is 3. The van der Waals surface area contributed by atoms with Crippen LogP contribution in [0, 0.1) is 5.82 Å². The number of fused-ring (bicyclic) bond motifs is 1. The van der Waals surface area contributed by atoms with E-state index in [4.69, 9.17) is 0 Å².